The molecule has 2 aliphatic rings. The third-order valence-electron chi connectivity index (χ3n) is 6.72. The minimum absolute atomic E-state index is 0.0723. The van der Waals surface area contributed by atoms with E-state index in [0.717, 1.165) is 22.3 Å². The van der Waals surface area contributed by atoms with E-state index >= 15 is 0 Å². The summed E-state index contributed by atoms with van der Waals surface area (Å²) in [5.74, 6) is -2.01. The Morgan fingerprint density at radius 1 is 1.06 bits per heavy atom. The minimum Gasteiger partial charge on any atom is -0.481 e. The number of rotatable bonds is 7. The van der Waals surface area contributed by atoms with E-state index in [4.69, 9.17) is 4.74 Å². The highest BCUT2D eigenvalue weighted by atomic mass is 16.5. The van der Waals surface area contributed by atoms with Crippen LogP contribution in [0.4, 0.5) is 4.79 Å². The van der Waals surface area contributed by atoms with Crippen LogP contribution in [0.1, 0.15) is 24.0 Å². The van der Waals surface area contributed by atoms with E-state index in [-0.39, 0.29) is 37.4 Å². The molecule has 8 nitrogen and oxygen atoms in total. The summed E-state index contributed by atoms with van der Waals surface area (Å²) in [7, 11) is 3.62. The summed E-state index contributed by atoms with van der Waals surface area (Å²) in [5.41, 5.74) is 4.51. The molecule has 1 fully saturated rings. The van der Waals surface area contributed by atoms with Crippen molar-refractivity contribution in [2.24, 2.45) is 11.8 Å². The fraction of sp³-hybridized carbons (Fsp3) is 0.423. The summed E-state index contributed by atoms with van der Waals surface area (Å²) in [6, 6.07) is 15.4. The highest BCUT2D eigenvalue weighted by molar-refractivity contribution is 5.87. The lowest BCUT2D eigenvalue weighted by atomic mass is 9.98. The molecule has 34 heavy (non-hydrogen) atoms. The zero-order valence-electron chi connectivity index (χ0n) is 19.7. The summed E-state index contributed by atoms with van der Waals surface area (Å²) in [5, 5.41) is 12.1. The number of benzene rings is 2. The molecule has 0 spiro atoms. The van der Waals surface area contributed by atoms with Crippen molar-refractivity contribution < 1.29 is 24.2 Å². The number of amides is 2. The van der Waals surface area contributed by atoms with Crippen LogP contribution in [0, 0.1) is 11.8 Å². The molecule has 1 heterocycles. The van der Waals surface area contributed by atoms with E-state index in [2.05, 4.69) is 17.4 Å². The Hall–Kier alpha value is -3.39. The average Bonchev–Trinajstić information content (AvgIpc) is 3.35. The third-order valence-corrected chi connectivity index (χ3v) is 6.72. The summed E-state index contributed by atoms with van der Waals surface area (Å²) >= 11 is 0. The Morgan fingerprint density at radius 3 is 2.18 bits per heavy atom. The van der Waals surface area contributed by atoms with Crippen molar-refractivity contribution in [2.75, 3.05) is 40.3 Å². The molecule has 2 N–H and O–H groups in total. The number of carboxylic acids is 1. The third kappa shape index (κ3) is 4.77. The molecule has 1 aliphatic heterocycles. The molecular weight excluding hydrogens is 434 g/mol. The van der Waals surface area contributed by atoms with Gasteiger partial charge in [-0.1, -0.05) is 55.5 Å². The van der Waals surface area contributed by atoms with Crippen molar-refractivity contribution in [1.82, 2.24) is 15.1 Å². The Kier molecular flexibility index (Phi) is 6.88. The van der Waals surface area contributed by atoms with Gasteiger partial charge in [-0.25, -0.2) is 4.79 Å². The highest BCUT2D eigenvalue weighted by Gasteiger charge is 2.39. The molecule has 2 aromatic rings. The van der Waals surface area contributed by atoms with Crippen LogP contribution in [-0.4, -0.2) is 79.3 Å². The lowest BCUT2D eigenvalue weighted by Gasteiger charge is -2.26. The summed E-state index contributed by atoms with van der Waals surface area (Å²) in [4.78, 5) is 40.7. The quantitative estimate of drug-likeness (QED) is 0.652. The second-order valence-corrected chi connectivity index (χ2v) is 9.45. The first-order valence-electron chi connectivity index (χ1n) is 11.5. The number of nitrogens with one attached hydrogen (secondary N) is 1. The van der Waals surface area contributed by atoms with E-state index < -0.39 is 24.0 Å². The number of hydrogen-bond donors (Lipinski definition) is 2. The number of nitrogens with zero attached hydrogens (tertiary/aromatic N) is 2. The summed E-state index contributed by atoms with van der Waals surface area (Å²) < 4.78 is 5.61. The molecule has 4 rings (SSSR count). The summed E-state index contributed by atoms with van der Waals surface area (Å²) in [6.07, 6.45) is -0.663. The van der Waals surface area contributed by atoms with Crippen LogP contribution in [0.3, 0.4) is 0 Å². The lowest BCUT2D eigenvalue weighted by Crippen LogP contribution is -2.52. The largest absolute Gasteiger partial charge is 0.481 e. The van der Waals surface area contributed by atoms with Gasteiger partial charge in [0.25, 0.3) is 0 Å². The predicted octanol–water partition coefficient (Wildman–Crippen LogP) is 2.63. The van der Waals surface area contributed by atoms with E-state index in [9.17, 15) is 19.5 Å². The average molecular weight is 466 g/mol. The number of carbonyl (C=O) groups excluding carboxylic acids is 2. The first kappa shape index (κ1) is 23.8. The number of aliphatic carboxylic acids is 1. The highest BCUT2D eigenvalue weighted by Crippen LogP contribution is 2.44. The Balaban J connectivity index is 1.42. The standard InChI is InChI=1S/C26H31N3O5/c1-16-12-29(13-21(16)25(31)32)24(30)23(14-28(2)3)27-26(33)34-15-22-19-10-6-4-8-17(19)18-9-5-7-11-20(18)22/h4-11,16,21-23H,12-15H2,1-3H3,(H,27,33)(H,31,32)/t16?,21?,23-/m0/s1. The van der Waals surface area contributed by atoms with Gasteiger partial charge in [-0.2, -0.15) is 0 Å². The SMILES string of the molecule is CC1CN(C(=O)[C@H](CN(C)C)NC(=O)OCC2c3ccccc3-c3ccccc32)CC1C(=O)O. The number of carbonyl (C=O) groups is 3. The predicted molar refractivity (Wildman–Crippen MR) is 127 cm³/mol. The van der Waals surface area contributed by atoms with Gasteiger partial charge in [-0.05, 0) is 42.3 Å². The van der Waals surface area contributed by atoms with E-state index in [0.29, 0.717) is 6.54 Å². The van der Waals surface area contributed by atoms with Gasteiger partial charge < -0.3 is 25.0 Å². The van der Waals surface area contributed by atoms with Gasteiger partial charge >= 0.3 is 12.1 Å². The second-order valence-electron chi connectivity index (χ2n) is 9.45. The molecule has 2 aromatic carbocycles. The molecule has 0 aromatic heterocycles. The number of likely N-dealkylation sites (N-methyl/N-ethyl adjacent to an activating group) is 1. The maximum atomic E-state index is 13.2. The molecule has 1 aliphatic carbocycles. The van der Waals surface area contributed by atoms with Crippen LogP contribution in [0.2, 0.25) is 0 Å². The second kappa shape index (κ2) is 9.85. The topological polar surface area (TPSA) is 99.2 Å². The molecule has 180 valence electrons. The zero-order chi connectivity index (χ0) is 24.4. The maximum absolute atomic E-state index is 13.2. The van der Waals surface area contributed by atoms with Gasteiger partial charge in [0.05, 0.1) is 5.92 Å². The Labute approximate surface area is 199 Å². The van der Waals surface area contributed by atoms with E-state index in [1.54, 1.807) is 4.90 Å². The Morgan fingerprint density at radius 2 is 1.65 bits per heavy atom. The van der Waals surface area contributed by atoms with Crippen molar-refractivity contribution in [1.29, 1.82) is 0 Å². The first-order valence-corrected chi connectivity index (χ1v) is 11.5. The molecule has 2 unspecified atom stereocenters. The number of carboxylic acid groups (broad SMARTS) is 1. The van der Waals surface area contributed by atoms with E-state index in [1.165, 1.54) is 4.90 Å². The Bertz CT molecular complexity index is 1040. The van der Waals surface area contributed by atoms with Gasteiger partial charge in [0.1, 0.15) is 12.6 Å². The van der Waals surface area contributed by atoms with Gasteiger partial charge in [-0.15, -0.1) is 0 Å². The van der Waals surface area contributed by atoms with Gasteiger partial charge in [0.2, 0.25) is 5.91 Å². The molecule has 0 saturated carbocycles. The van der Waals surface area contributed by atoms with Gasteiger partial charge in [0.15, 0.2) is 0 Å². The smallest absolute Gasteiger partial charge is 0.407 e. The summed E-state index contributed by atoms with van der Waals surface area (Å²) in [6.45, 7) is 2.76. The number of alkyl carbamates (subject to hydrolysis) is 1. The lowest BCUT2D eigenvalue weighted by molar-refractivity contribution is -0.142. The van der Waals surface area contributed by atoms with Gasteiger partial charge in [-0.3, -0.25) is 9.59 Å². The van der Waals surface area contributed by atoms with Gasteiger partial charge in [0, 0.05) is 25.6 Å². The first-order chi connectivity index (χ1) is 16.3. The molecule has 0 bridgehead atoms. The van der Waals surface area contributed by atoms with Crippen LogP contribution in [-0.2, 0) is 14.3 Å². The normalized spacial score (nSPS) is 20.1. The fourth-order valence-corrected chi connectivity index (χ4v) is 5.02. The molecule has 2 amide bonds. The van der Waals surface area contributed by atoms with Crippen molar-refractivity contribution >= 4 is 18.0 Å². The van der Waals surface area contributed by atoms with Crippen molar-refractivity contribution in [3.63, 3.8) is 0 Å². The van der Waals surface area contributed by atoms with Crippen LogP contribution in [0.15, 0.2) is 48.5 Å². The molecule has 1 saturated heterocycles. The minimum atomic E-state index is -0.906. The molecule has 3 atom stereocenters. The van der Waals surface area contributed by atoms with Crippen LogP contribution in [0.5, 0.6) is 0 Å². The number of likely N-dealkylation sites (tertiary alicyclic amines) is 1. The van der Waals surface area contributed by atoms with Crippen LogP contribution < -0.4 is 5.32 Å². The molecular formula is C26H31N3O5. The number of ether oxygens (including phenoxy) is 1. The van der Waals surface area contributed by atoms with Crippen molar-refractivity contribution in [2.45, 2.75) is 18.9 Å². The fourth-order valence-electron chi connectivity index (χ4n) is 5.02. The number of hydrogen-bond acceptors (Lipinski definition) is 5. The molecule has 0 radical (unpaired) electrons. The maximum Gasteiger partial charge on any atom is 0.407 e. The van der Waals surface area contributed by atoms with Crippen LogP contribution >= 0.6 is 0 Å². The van der Waals surface area contributed by atoms with Crippen LogP contribution in [0.25, 0.3) is 11.1 Å². The zero-order valence-corrected chi connectivity index (χ0v) is 19.7. The van der Waals surface area contributed by atoms with Crippen molar-refractivity contribution in [3.8, 4) is 11.1 Å². The monoisotopic (exact) mass is 465 g/mol. The molecule has 8 heteroatoms. The number of fused-ring (bicyclic) bond motifs is 3. The van der Waals surface area contributed by atoms with Crippen molar-refractivity contribution in [3.05, 3.63) is 59.7 Å². The van der Waals surface area contributed by atoms with E-state index in [1.807, 2.05) is 57.4 Å².